The van der Waals surface area contributed by atoms with Gasteiger partial charge in [0.2, 0.25) is 0 Å². The largest absolute Gasteiger partial charge is 0.466 e. The van der Waals surface area contributed by atoms with Crippen LogP contribution >= 0.6 is 0 Å². The number of esters is 1. The third-order valence-electron chi connectivity index (χ3n) is 14.6. The Bertz CT molecular complexity index is 2900. The number of carbonyl (C=O) groups is 1. The molecule has 0 N–H and O–H groups in total. The van der Waals surface area contributed by atoms with Gasteiger partial charge < -0.3 is 22.5 Å². The lowest BCUT2D eigenvalue weighted by atomic mass is 9.83. The van der Waals surface area contributed by atoms with E-state index >= 15 is 0 Å². The highest BCUT2D eigenvalue weighted by Gasteiger charge is 2.52. The van der Waals surface area contributed by atoms with E-state index < -0.39 is 38.9 Å². The van der Waals surface area contributed by atoms with Crippen molar-refractivity contribution in [2.24, 2.45) is 0 Å². The van der Waals surface area contributed by atoms with E-state index in [1.54, 1.807) is 13.0 Å². The van der Waals surface area contributed by atoms with E-state index in [2.05, 4.69) is 121 Å². The summed E-state index contributed by atoms with van der Waals surface area (Å²) in [5.74, 6) is -0.828. The molecule has 72 heavy (non-hydrogen) atoms. The molecule has 1 aromatic heterocycles. The fourth-order valence-corrected chi connectivity index (χ4v) is 16.4. The maximum Gasteiger partial charge on any atom is 0.388 e. The Kier molecular flexibility index (Phi) is 16.9. The van der Waals surface area contributed by atoms with Crippen LogP contribution in [-0.2, 0) is 50.8 Å². The van der Waals surface area contributed by atoms with Gasteiger partial charge in [0, 0.05) is 25.1 Å². The lowest BCUT2D eigenvalue weighted by Crippen LogP contribution is -2.68. The number of ether oxygens (including phenoxy) is 2. The monoisotopic (exact) mass is 1030 g/mol. The van der Waals surface area contributed by atoms with Gasteiger partial charge in [-0.2, -0.15) is 12.7 Å². The first kappa shape index (κ1) is 54.4. The summed E-state index contributed by atoms with van der Waals surface area (Å²) in [4.78, 5) is 13.4. The zero-order valence-electron chi connectivity index (χ0n) is 44.3. The summed E-state index contributed by atoms with van der Waals surface area (Å²) in [7, 11) is -9.34. The Morgan fingerprint density at radius 1 is 0.819 bits per heavy atom. The van der Waals surface area contributed by atoms with Crippen LogP contribution in [0.3, 0.4) is 0 Å². The number of nitrogens with zero attached hydrogens (tertiary/aromatic N) is 4. The number of rotatable bonds is 20. The number of carbonyl (C=O) groups excluding carboxylic acids is 1. The zero-order valence-corrected chi connectivity index (χ0v) is 47.1. The second-order valence-electron chi connectivity index (χ2n) is 21.5. The minimum absolute atomic E-state index is 0.0134. The number of fused-ring (bicyclic) bond motifs is 1. The molecule has 15 heteroatoms. The molecule has 6 aromatic rings. The van der Waals surface area contributed by atoms with Gasteiger partial charge in [0.05, 0.1) is 37.3 Å². The van der Waals surface area contributed by atoms with Crippen molar-refractivity contribution in [1.82, 2.24) is 19.3 Å². The molecule has 0 amide bonds. The predicted molar refractivity (Wildman–Crippen MR) is 291 cm³/mol. The Hall–Kier alpha value is -5.43. The molecule has 1 aliphatic rings. The molecule has 0 radical (unpaired) electrons. The van der Waals surface area contributed by atoms with Crippen LogP contribution in [-0.4, -0.2) is 76.2 Å². The van der Waals surface area contributed by atoms with Gasteiger partial charge in [-0.15, -0.1) is 5.10 Å². The molecule has 0 bridgehead atoms. The topological polar surface area (TPSA) is 131 Å². The van der Waals surface area contributed by atoms with E-state index in [1.165, 1.54) is 14.7 Å². The normalized spacial score (nSPS) is 15.9. The van der Waals surface area contributed by atoms with Crippen molar-refractivity contribution in [3.05, 3.63) is 167 Å². The predicted octanol–water partition coefficient (Wildman–Crippen LogP) is 11.2. The molecular weight excluding hydrogens is 957 g/mol. The second-order valence-corrected chi connectivity index (χ2v) is 32.0. The number of aromatic nitrogens is 3. The van der Waals surface area contributed by atoms with Gasteiger partial charge in [0.1, 0.15) is 12.1 Å². The fraction of sp³-hybridized carbons (Fsp3) is 0.421. The maximum atomic E-state index is 13.7. The van der Waals surface area contributed by atoms with Crippen LogP contribution < -0.4 is 10.4 Å². The van der Waals surface area contributed by atoms with Crippen molar-refractivity contribution in [3.8, 4) is 0 Å². The minimum atomic E-state index is -4.21. The molecule has 7 rings (SSSR count). The van der Waals surface area contributed by atoms with Crippen molar-refractivity contribution >= 4 is 54.3 Å². The quantitative estimate of drug-likeness (QED) is 0.0538. The average molecular weight is 1030 g/mol. The first-order valence-corrected chi connectivity index (χ1v) is 31.3. The van der Waals surface area contributed by atoms with Gasteiger partial charge in [0.25, 0.3) is 14.3 Å². The van der Waals surface area contributed by atoms with Crippen molar-refractivity contribution in [1.29, 1.82) is 0 Å². The van der Waals surface area contributed by atoms with E-state index in [0.717, 1.165) is 44.4 Å². The van der Waals surface area contributed by atoms with Gasteiger partial charge in [-0.1, -0.05) is 162 Å². The van der Waals surface area contributed by atoms with Crippen LogP contribution in [0.1, 0.15) is 114 Å². The summed E-state index contributed by atoms with van der Waals surface area (Å²) in [6.45, 7) is 27.3. The third-order valence-corrected chi connectivity index (χ3v) is 25.6. The van der Waals surface area contributed by atoms with Gasteiger partial charge in [-0.05, 0) is 107 Å². The van der Waals surface area contributed by atoms with E-state index in [1.807, 2.05) is 80.1 Å². The highest BCUT2D eigenvalue weighted by Crippen LogP contribution is 2.41. The third kappa shape index (κ3) is 12.0. The summed E-state index contributed by atoms with van der Waals surface area (Å²) < 4.78 is 62.1. The lowest BCUT2D eigenvalue weighted by molar-refractivity contribution is -0.143. The molecule has 5 aromatic carbocycles. The highest BCUT2D eigenvalue weighted by molar-refractivity contribution is 7.84. The molecule has 1 unspecified atom stereocenters. The first-order chi connectivity index (χ1) is 34.1. The van der Waals surface area contributed by atoms with E-state index in [-0.39, 0.29) is 54.3 Å². The molecule has 0 saturated carbocycles. The van der Waals surface area contributed by atoms with Crippen LogP contribution in [0.2, 0.25) is 23.2 Å². The molecule has 12 nitrogen and oxygen atoms in total. The van der Waals surface area contributed by atoms with E-state index in [4.69, 9.17) is 32.8 Å². The second kappa shape index (κ2) is 22.4. The molecule has 2 heterocycles. The summed E-state index contributed by atoms with van der Waals surface area (Å²) >= 11 is 0. The van der Waals surface area contributed by atoms with Gasteiger partial charge >= 0.3 is 16.3 Å². The number of benzene rings is 5. The molecule has 0 fully saturated rings. The molecule has 0 saturated heterocycles. The standard InChI is InChI=1S/C57H74N4O8SSi2/c1-13-65-53(62)38-51(45-30-29-41(2)50(37-45)43(4)61-36-34-54(68-70(61,63)64)66-39-44-23-17-14-18-24-44)49-31-32-52-55(42(49)3)58-59-60(52)35-33-46(40-67-71(11,12)56(5,6)7)69-72(57(8,9)10,47-25-19-15-20-26-47)48-27-21-16-22-28-48/h14-32,34,37,43,46,51H,13,33,35-36,38-40H2,1-12H3/t43-,46+,51?/m1/s1. The fourth-order valence-electron chi connectivity index (χ4n) is 9.51. The minimum Gasteiger partial charge on any atom is -0.466 e. The Labute approximate surface area is 430 Å². The van der Waals surface area contributed by atoms with Gasteiger partial charge in [-0.3, -0.25) is 4.79 Å². The van der Waals surface area contributed by atoms with Gasteiger partial charge in [-0.25, -0.2) is 4.68 Å². The molecule has 1 aliphatic heterocycles. The number of aryl methyl sites for hydroxylation is 3. The van der Waals surface area contributed by atoms with Crippen molar-refractivity contribution < 1.29 is 35.7 Å². The Balaban J connectivity index is 1.19. The molecule has 0 spiro atoms. The van der Waals surface area contributed by atoms with Crippen LogP contribution in [0.5, 0.6) is 0 Å². The van der Waals surface area contributed by atoms with E-state index in [0.29, 0.717) is 19.6 Å². The van der Waals surface area contributed by atoms with Gasteiger partial charge in [0.15, 0.2) is 8.32 Å². The maximum absolute atomic E-state index is 13.7. The smallest absolute Gasteiger partial charge is 0.388 e. The van der Waals surface area contributed by atoms with Crippen molar-refractivity contribution in [3.63, 3.8) is 0 Å². The SMILES string of the molecule is CCOC(=O)CC(c1ccc(C)c([C@@H](C)N2CC=C(OCc3ccccc3)OS2(=O)=O)c1)c1ccc2c(nnn2CC[C@@H](CO[Si](C)(C)C(C)(C)C)O[Si](c2ccccc2)(c2ccccc2)C(C)(C)C)c1C. The van der Waals surface area contributed by atoms with Crippen LogP contribution in [0.15, 0.2) is 133 Å². The van der Waals surface area contributed by atoms with Crippen LogP contribution in [0.25, 0.3) is 11.0 Å². The van der Waals surface area contributed by atoms with Crippen LogP contribution in [0, 0.1) is 13.8 Å². The Morgan fingerprint density at radius 2 is 1.44 bits per heavy atom. The molecule has 0 aliphatic carbocycles. The average Bonchev–Trinajstić information content (AvgIpc) is 3.76. The highest BCUT2D eigenvalue weighted by atomic mass is 32.2. The summed E-state index contributed by atoms with van der Waals surface area (Å²) in [6, 6.07) is 40.4. The molecule has 384 valence electrons. The lowest BCUT2D eigenvalue weighted by Gasteiger charge is -2.46. The summed E-state index contributed by atoms with van der Waals surface area (Å²) in [6.07, 6.45) is 2.07. The van der Waals surface area contributed by atoms with Crippen LogP contribution in [0.4, 0.5) is 0 Å². The summed E-state index contributed by atoms with van der Waals surface area (Å²) in [5, 5.41) is 11.8. The van der Waals surface area contributed by atoms with E-state index in [9.17, 15) is 13.2 Å². The van der Waals surface area contributed by atoms with Crippen molar-refractivity contribution in [2.75, 3.05) is 19.8 Å². The van der Waals surface area contributed by atoms with Crippen molar-refractivity contribution in [2.45, 2.75) is 136 Å². The Morgan fingerprint density at radius 3 is 2.03 bits per heavy atom. The molecular formula is C57H74N4O8SSi2. The number of hydrogen-bond donors (Lipinski definition) is 0. The summed E-state index contributed by atoms with van der Waals surface area (Å²) in [5.41, 5.74) is 6.81. The first-order valence-electron chi connectivity index (χ1n) is 25.2. The zero-order chi connectivity index (χ0) is 52.1. The molecule has 3 atom stereocenters. The number of hydrogen-bond acceptors (Lipinski definition) is 10.